The number of para-hydroxylation sites is 1. The number of nitrogens with zero attached hydrogens (tertiary/aromatic N) is 1. The predicted octanol–water partition coefficient (Wildman–Crippen LogP) is 5.71. The van der Waals surface area contributed by atoms with E-state index in [-0.39, 0.29) is 17.5 Å². The molecule has 0 amide bonds. The maximum atomic E-state index is 14.3. The molecule has 0 fully saturated rings. The average Bonchev–Trinajstić information content (AvgIpc) is 2.74. The Balaban J connectivity index is 1.79. The molecule has 0 saturated carbocycles. The lowest BCUT2D eigenvalue weighted by Gasteiger charge is -2.27. The molecule has 1 unspecified atom stereocenters. The van der Waals surface area contributed by atoms with Crippen molar-refractivity contribution in [2.45, 2.75) is 5.92 Å². The van der Waals surface area contributed by atoms with Crippen LogP contribution in [0.2, 0.25) is 0 Å². The van der Waals surface area contributed by atoms with E-state index in [2.05, 4.69) is 0 Å². The molecule has 1 heterocycles. The van der Waals surface area contributed by atoms with Gasteiger partial charge in [-0.3, -0.25) is 4.79 Å². The molecule has 0 radical (unpaired) electrons. The Morgan fingerprint density at radius 3 is 2.15 bits per heavy atom. The van der Waals surface area contributed by atoms with E-state index in [1.807, 2.05) is 60.8 Å². The van der Waals surface area contributed by atoms with Gasteiger partial charge in [0, 0.05) is 29.5 Å². The van der Waals surface area contributed by atoms with Crippen molar-refractivity contribution in [1.82, 2.24) is 0 Å². The summed E-state index contributed by atoms with van der Waals surface area (Å²) in [7, 11) is 0. The molecule has 1 aliphatic rings. The molecule has 132 valence electrons. The Bertz CT molecular complexity index is 1010. The van der Waals surface area contributed by atoms with Crippen LogP contribution < -0.4 is 4.90 Å². The molecule has 3 aromatic rings. The van der Waals surface area contributed by atoms with E-state index in [0.29, 0.717) is 16.8 Å². The lowest BCUT2D eigenvalue weighted by Crippen LogP contribution is -2.21. The van der Waals surface area contributed by atoms with Crippen molar-refractivity contribution in [3.05, 3.63) is 126 Å². The van der Waals surface area contributed by atoms with Gasteiger partial charge in [-0.05, 0) is 17.7 Å². The highest BCUT2D eigenvalue weighted by Gasteiger charge is 2.26. The zero-order chi connectivity index (χ0) is 18.6. The second-order valence-corrected chi connectivity index (χ2v) is 6.37. The Kier molecular flexibility index (Phi) is 4.67. The fourth-order valence-electron chi connectivity index (χ4n) is 3.27. The molecule has 0 spiro atoms. The van der Waals surface area contributed by atoms with Gasteiger partial charge in [-0.2, -0.15) is 0 Å². The van der Waals surface area contributed by atoms with Crippen molar-refractivity contribution in [2.24, 2.45) is 0 Å². The van der Waals surface area contributed by atoms with Crippen molar-refractivity contribution in [3.63, 3.8) is 0 Å². The maximum Gasteiger partial charge on any atom is 0.191 e. The van der Waals surface area contributed by atoms with Crippen LogP contribution in [0.5, 0.6) is 0 Å². The molecule has 0 bridgehead atoms. The van der Waals surface area contributed by atoms with Crippen LogP contribution in [-0.2, 0) is 0 Å². The molecular weight excluding hydrogens is 337 g/mol. The largest absolute Gasteiger partial charge is 0.321 e. The fourth-order valence-corrected chi connectivity index (χ4v) is 3.27. The zero-order valence-corrected chi connectivity index (χ0v) is 14.6. The number of anilines is 1. The number of rotatable bonds is 4. The summed E-state index contributed by atoms with van der Waals surface area (Å²) in [5, 5.41) is 0. The lowest BCUT2D eigenvalue weighted by molar-refractivity contribution is 0.102. The maximum absolute atomic E-state index is 14.3. The molecule has 0 saturated heterocycles. The summed E-state index contributed by atoms with van der Waals surface area (Å²) < 4.78 is 14.3. The minimum Gasteiger partial charge on any atom is -0.321 e. The monoisotopic (exact) mass is 355 g/mol. The van der Waals surface area contributed by atoms with Crippen molar-refractivity contribution < 1.29 is 9.18 Å². The molecule has 2 nitrogen and oxygen atoms in total. The van der Waals surface area contributed by atoms with Gasteiger partial charge < -0.3 is 4.90 Å². The smallest absolute Gasteiger partial charge is 0.191 e. The van der Waals surface area contributed by atoms with Crippen LogP contribution in [0.1, 0.15) is 21.8 Å². The van der Waals surface area contributed by atoms with E-state index in [0.717, 1.165) is 5.56 Å². The topological polar surface area (TPSA) is 20.3 Å². The molecule has 0 aromatic heterocycles. The van der Waals surface area contributed by atoms with Gasteiger partial charge in [-0.15, -0.1) is 0 Å². The van der Waals surface area contributed by atoms with Gasteiger partial charge in [0.1, 0.15) is 5.82 Å². The summed E-state index contributed by atoms with van der Waals surface area (Å²) in [6.07, 6.45) is 5.50. The molecule has 1 atom stereocenters. The number of benzene rings is 3. The minimum atomic E-state index is -0.330. The number of allylic oxidation sites excluding steroid dienone is 2. The number of carbonyl (C=O) groups is 1. The van der Waals surface area contributed by atoms with Gasteiger partial charge >= 0.3 is 0 Å². The summed E-state index contributed by atoms with van der Waals surface area (Å²) in [5.41, 5.74) is 2.67. The lowest BCUT2D eigenvalue weighted by atomic mass is 9.85. The quantitative estimate of drug-likeness (QED) is 0.559. The highest BCUT2D eigenvalue weighted by Crippen LogP contribution is 2.34. The molecule has 3 heteroatoms. The standard InChI is InChI=1S/C24H18FNO/c25-22-13-7-8-14-23(22)26-16-15-20(18-9-3-1-4-10-18)21(17-26)24(27)19-11-5-2-6-12-19/h1-17,20H. The Hall–Kier alpha value is -3.46. The average molecular weight is 355 g/mol. The summed E-state index contributed by atoms with van der Waals surface area (Å²) in [4.78, 5) is 14.9. The Labute approximate surface area is 157 Å². The SMILES string of the molecule is O=C(C1=CN(c2ccccc2F)C=CC1c1ccccc1)c1ccccc1. The van der Waals surface area contributed by atoms with E-state index in [1.54, 1.807) is 41.4 Å². The molecule has 3 aromatic carbocycles. The summed E-state index contributed by atoms with van der Waals surface area (Å²) in [6, 6.07) is 25.6. The van der Waals surface area contributed by atoms with E-state index in [4.69, 9.17) is 0 Å². The van der Waals surface area contributed by atoms with Crippen molar-refractivity contribution >= 4 is 11.5 Å². The first-order valence-corrected chi connectivity index (χ1v) is 8.81. The first kappa shape index (κ1) is 17.0. The van der Waals surface area contributed by atoms with Crippen LogP contribution in [0.15, 0.2) is 109 Å². The van der Waals surface area contributed by atoms with E-state index in [9.17, 15) is 9.18 Å². The third kappa shape index (κ3) is 3.44. The number of carbonyl (C=O) groups excluding carboxylic acids is 1. The third-order valence-corrected chi connectivity index (χ3v) is 4.64. The molecule has 27 heavy (non-hydrogen) atoms. The molecule has 1 aliphatic heterocycles. The van der Waals surface area contributed by atoms with Crippen molar-refractivity contribution in [1.29, 1.82) is 0 Å². The van der Waals surface area contributed by atoms with Crippen molar-refractivity contribution in [2.75, 3.05) is 4.90 Å². The highest BCUT2D eigenvalue weighted by molar-refractivity contribution is 6.10. The zero-order valence-electron chi connectivity index (χ0n) is 14.6. The van der Waals surface area contributed by atoms with Crippen LogP contribution >= 0.6 is 0 Å². The van der Waals surface area contributed by atoms with Crippen LogP contribution in [0.3, 0.4) is 0 Å². The molecule has 0 N–H and O–H groups in total. The number of halogens is 1. The molecule has 0 aliphatic carbocycles. The van der Waals surface area contributed by atoms with E-state index >= 15 is 0 Å². The van der Waals surface area contributed by atoms with Crippen LogP contribution in [-0.4, -0.2) is 5.78 Å². The third-order valence-electron chi connectivity index (χ3n) is 4.64. The van der Waals surface area contributed by atoms with Gasteiger partial charge in [-0.25, -0.2) is 4.39 Å². The van der Waals surface area contributed by atoms with Gasteiger partial charge in [0.2, 0.25) is 0 Å². The van der Waals surface area contributed by atoms with Gasteiger partial charge in [0.25, 0.3) is 0 Å². The number of ketones is 1. The summed E-state index contributed by atoms with van der Waals surface area (Å²) >= 11 is 0. The Morgan fingerprint density at radius 2 is 1.44 bits per heavy atom. The first-order chi connectivity index (χ1) is 13.2. The minimum absolute atomic E-state index is 0.0601. The van der Waals surface area contributed by atoms with Crippen molar-refractivity contribution in [3.8, 4) is 0 Å². The second kappa shape index (κ2) is 7.42. The Morgan fingerprint density at radius 1 is 0.815 bits per heavy atom. The van der Waals surface area contributed by atoms with Gasteiger partial charge in [-0.1, -0.05) is 78.9 Å². The number of hydrogen-bond acceptors (Lipinski definition) is 2. The molecular formula is C24H18FNO. The summed E-state index contributed by atoms with van der Waals surface area (Å²) in [5.74, 6) is -0.569. The van der Waals surface area contributed by atoms with Gasteiger partial charge in [0.05, 0.1) is 5.69 Å². The van der Waals surface area contributed by atoms with Crippen LogP contribution in [0, 0.1) is 5.82 Å². The highest BCUT2D eigenvalue weighted by atomic mass is 19.1. The van der Waals surface area contributed by atoms with Crippen LogP contribution in [0.25, 0.3) is 0 Å². The summed E-state index contributed by atoms with van der Waals surface area (Å²) in [6.45, 7) is 0. The fraction of sp³-hybridized carbons (Fsp3) is 0.0417. The second-order valence-electron chi connectivity index (χ2n) is 6.37. The number of Topliss-reactive ketones (excluding diaryl/α,β-unsaturated/α-hetero) is 1. The van der Waals surface area contributed by atoms with E-state index < -0.39 is 0 Å². The van der Waals surface area contributed by atoms with E-state index in [1.165, 1.54) is 6.07 Å². The molecule has 4 rings (SSSR count). The predicted molar refractivity (Wildman–Crippen MR) is 106 cm³/mol. The number of hydrogen-bond donors (Lipinski definition) is 0. The van der Waals surface area contributed by atoms with Crippen LogP contribution in [0.4, 0.5) is 10.1 Å². The van der Waals surface area contributed by atoms with Gasteiger partial charge in [0.15, 0.2) is 5.78 Å². The normalized spacial score (nSPS) is 16.1. The first-order valence-electron chi connectivity index (χ1n) is 8.81.